The molecule has 0 spiro atoms. The third kappa shape index (κ3) is 3.85. The molecule has 0 saturated carbocycles. The number of rotatable bonds is 5. The van der Waals surface area contributed by atoms with Gasteiger partial charge >= 0.3 is 0 Å². The zero-order valence-corrected chi connectivity index (χ0v) is 15.3. The van der Waals surface area contributed by atoms with Crippen LogP contribution in [0.3, 0.4) is 0 Å². The molecule has 6 heteroatoms. The predicted molar refractivity (Wildman–Crippen MR) is 103 cm³/mol. The minimum atomic E-state index is 0.0532. The van der Waals surface area contributed by atoms with Crippen LogP contribution >= 0.6 is 11.8 Å². The van der Waals surface area contributed by atoms with Gasteiger partial charge in [0.1, 0.15) is 5.82 Å². The quantitative estimate of drug-likeness (QED) is 0.504. The van der Waals surface area contributed by atoms with Crippen molar-refractivity contribution in [2.45, 2.75) is 31.0 Å². The predicted octanol–water partition coefficient (Wildman–Crippen LogP) is 3.63. The van der Waals surface area contributed by atoms with Gasteiger partial charge in [0.05, 0.1) is 11.7 Å². The molecule has 130 valence electrons. The van der Waals surface area contributed by atoms with E-state index in [-0.39, 0.29) is 11.9 Å². The van der Waals surface area contributed by atoms with Gasteiger partial charge in [-0.1, -0.05) is 49.4 Å². The summed E-state index contributed by atoms with van der Waals surface area (Å²) in [6.45, 7) is 2.81. The molecule has 0 aliphatic carbocycles. The average molecular weight is 354 g/mol. The molecule has 2 heterocycles. The normalized spacial score (nSPS) is 16.4. The van der Waals surface area contributed by atoms with Crippen LogP contribution in [0.1, 0.15) is 30.1 Å². The Morgan fingerprint density at radius 3 is 2.96 bits per heavy atom. The van der Waals surface area contributed by atoms with Crippen molar-refractivity contribution in [2.24, 2.45) is 0 Å². The van der Waals surface area contributed by atoms with Crippen LogP contribution in [-0.4, -0.2) is 39.6 Å². The van der Waals surface area contributed by atoms with E-state index in [1.54, 1.807) is 6.07 Å². The maximum atomic E-state index is 12.9. The van der Waals surface area contributed by atoms with Gasteiger partial charge < -0.3 is 10.6 Å². The summed E-state index contributed by atoms with van der Waals surface area (Å²) in [5.41, 5.74) is 8.15. The lowest BCUT2D eigenvalue weighted by molar-refractivity contribution is 0.0744. The molecule has 0 radical (unpaired) electrons. The van der Waals surface area contributed by atoms with Gasteiger partial charge in [-0.05, 0) is 24.8 Å². The number of carbonyl (C=O) groups excluding carboxylic acids is 1. The maximum absolute atomic E-state index is 12.9. The number of nitrogens with zero attached hydrogens (tertiary/aromatic N) is 3. The largest absolute Gasteiger partial charge is 0.384 e. The molecule has 1 aromatic heterocycles. The number of nitrogens with two attached hydrogens (primary N) is 1. The van der Waals surface area contributed by atoms with E-state index in [2.05, 4.69) is 29.0 Å². The fraction of sp³-hybridized carbons (Fsp3) is 0.316. The lowest BCUT2D eigenvalue weighted by Gasteiger charge is -2.24. The molecule has 25 heavy (non-hydrogen) atoms. The Bertz CT molecular complexity index is 806. The summed E-state index contributed by atoms with van der Waals surface area (Å²) in [5.74, 6) is 0.482. The second-order valence-electron chi connectivity index (χ2n) is 5.99. The highest BCUT2D eigenvalue weighted by molar-refractivity contribution is 7.98. The molecule has 0 bridgehead atoms. The van der Waals surface area contributed by atoms with E-state index in [1.165, 1.54) is 11.8 Å². The van der Waals surface area contributed by atoms with Crippen molar-refractivity contribution in [3.63, 3.8) is 0 Å². The van der Waals surface area contributed by atoms with E-state index in [9.17, 15) is 4.79 Å². The second kappa shape index (κ2) is 7.70. The molecule has 0 saturated heterocycles. The summed E-state index contributed by atoms with van der Waals surface area (Å²) in [6, 6.07) is 9.49. The molecule has 1 aliphatic rings. The summed E-state index contributed by atoms with van der Waals surface area (Å²) in [4.78, 5) is 23.5. The van der Waals surface area contributed by atoms with E-state index in [0.29, 0.717) is 23.1 Å². The Labute approximate surface area is 152 Å². The lowest BCUT2D eigenvalue weighted by atomic mass is 10.1. The zero-order valence-electron chi connectivity index (χ0n) is 14.5. The molecule has 0 fully saturated rings. The molecule has 5 nitrogen and oxygen atoms in total. The minimum Gasteiger partial charge on any atom is -0.384 e. The van der Waals surface area contributed by atoms with Crippen molar-refractivity contribution in [1.82, 2.24) is 14.9 Å². The minimum absolute atomic E-state index is 0.0532. The molecular formula is C19H22N4OS. The number of hydrogen-bond acceptors (Lipinski definition) is 5. The molecule has 2 aromatic rings. The van der Waals surface area contributed by atoms with Crippen molar-refractivity contribution in [2.75, 3.05) is 18.5 Å². The van der Waals surface area contributed by atoms with E-state index < -0.39 is 0 Å². The number of hydrogen-bond donors (Lipinski definition) is 1. The summed E-state index contributed by atoms with van der Waals surface area (Å²) in [7, 11) is 0. The van der Waals surface area contributed by atoms with Gasteiger partial charge in [0.25, 0.3) is 5.91 Å². The van der Waals surface area contributed by atoms with Crippen LogP contribution in [0.4, 0.5) is 5.82 Å². The van der Waals surface area contributed by atoms with Gasteiger partial charge in [0.15, 0.2) is 5.16 Å². The summed E-state index contributed by atoms with van der Waals surface area (Å²) >= 11 is 1.44. The number of carbonyl (C=O) groups is 1. The fourth-order valence-corrected chi connectivity index (χ4v) is 3.40. The van der Waals surface area contributed by atoms with Crippen molar-refractivity contribution in [3.8, 4) is 11.3 Å². The van der Waals surface area contributed by atoms with Crippen LogP contribution in [0, 0.1) is 0 Å². The first-order chi connectivity index (χ1) is 12.1. The highest BCUT2D eigenvalue weighted by atomic mass is 32.2. The molecule has 1 aromatic carbocycles. The molecule has 1 aliphatic heterocycles. The van der Waals surface area contributed by atoms with E-state index >= 15 is 0 Å². The van der Waals surface area contributed by atoms with Gasteiger partial charge in [0, 0.05) is 23.7 Å². The highest BCUT2D eigenvalue weighted by Crippen LogP contribution is 2.24. The Morgan fingerprint density at radius 1 is 1.36 bits per heavy atom. The van der Waals surface area contributed by atoms with Crippen molar-refractivity contribution < 1.29 is 4.79 Å². The molecule has 1 unspecified atom stereocenters. The lowest BCUT2D eigenvalue weighted by Crippen LogP contribution is -2.36. The number of amides is 1. The first kappa shape index (κ1) is 17.5. The third-order valence-electron chi connectivity index (χ3n) is 4.22. The number of nitrogen functional groups attached to an aromatic ring is 1. The van der Waals surface area contributed by atoms with E-state index in [0.717, 1.165) is 24.1 Å². The Morgan fingerprint density at radius 2 is 2.20 bits per heavy atom. The highest BCUT2D eigenvalue weighted by Gasteiger charge is 2.25. The number of benzene rings is 1. The van der Waals surface area contributed by atoms with Crippen LogP contribution in [0.2, 0.25) is 0 Å². The van der Waals surface area contributed by atoms with Crippen LogP contribution in [0.15, 0.2) is 47.6 Å². The van der Waals surface area contributed by atoms with Crippen molar-refractivity contribution in [3.05, 3.63) is 48.0 Å². The fourth-order valence-electron chi connectivity index (χ4n) is 3.01. The topological polar surface area (TPSA) is 72.1 Å². The Hall–Kier alpha value is -2.34. The summed E-state index contributed by atoms with van der Waals surface area (Å²) < 4.78 is 0. The third-order valence-corrected chi connectivity index (χ3v) is 4.77. The van der Waals surface area contributed by atoms with Gasteiger partial charge in [0.2, 0.25) is 0 Å². The number of aromatic nitrogens is 2. The van der Waals surface area contributed by atoms with Crippen LogP contribution in [0.5, 0.6) is 0 Å². The zero-order chi connectivity index (χ0) is 17.8. The first-order valence-electron chi connectivity index (χ1n) is 8.39. The molecule has 1 atom stereocenters. The smallest absolute Gasteiger partial charge is 0.254 e. The van der Waals surface area contributed by atoms with Crippen molar-refractivity contribution >= 4 is 23.5 Å². The molecular weight excluding hydrogens is 332 g/mol. The first-order valence-corrected chi connectivity index (χ1v) is 9.61. The monoisotopic (exact) mass is 354 g/mol. The van der Waals surface area contributed by atoms with Gasteiger partial charge in [-0.25, -0.2) is 9.97 Å². The van der Waals surface area contributed by atoms with Gasteiger partial charge in [-0.15, -0.1) is 0 Å². The maximum Gasteiger partial charge on any atom is 0.254 e. The standard InChI is InChI=1S/C19H22N4OS/c1-3-6-15-9-5-10-23(15)18(24)14-8-4-7-13(11-14)16-12-17(20)22-19(21-16)25-2/h4-5,7-9,11-12,15H,3,6,10H2,1-2H3,(H2,20,21,22). The van der Waals surface area contributed by atoms with E-state index in [4.69, 9.17) is 5.73 Å². The number of thioether (sulfide) groups is 1. The summed E-state index contributed by atoms with van der Waals surface area (Å²) in [5, 5.41) is 0.624. The Kier molecular flexibility index (Phi) is 5.38. The van der Waals surface area contributed by atoms with Crippen LogP contribution in [0.25, 0.3) is 11.3 Å². The molecule has 2 N–H and O–H groups in total. The second-order valence-corrected chi connectivity index (χ2v) is 6.76. The van der Waals surface area contributed by atoms with E-state index in [1.807, 2.05) is 35.4 Å². The van der Waals surface area contributed by atoms with Gasteiger partial charge in [-0.2, -0.15) is 0 Å². The Balaban J connectivity index is 1.89. The van der Waals surface area contributed by atoms with Gasteiger partial charge in [-0.3, -0.25) is 4.79 Å². The number of anilines is 1. The van der Waals surface area contributed by atoms with Crippen LogP contribution < -0.4 is 5.73 Å². The average Bonchev–Trinajstić information content (AvgIpc) is 3.09. The molecule has 3 rings (SSSR count). The SMILES string of the molecule is CCCC1C=CCN1C(=O)c1cccc(-c2cc(N)nc(SC)n2)c1. The molecule has 1 amide bonds. The summed E-state index contributed by atoms with van der Waals surface area (Å²) in [6.07, 6.45) is 8.14. The van der Waals surface area contributed by atoms with Crippen LogP contribution in [-0.2, 0) is 0 Å². The van der Waals surface area contributed by atoms with Crippen molar-refractivity contribution in [1.29, 1.82) is 0 Å².